The van der Waals surface area contributed by atoms with Crippen LogP contribution in [0.3, 0.4) is 0 Å². The minimum atomic E-state index is -0.456. The van der Waals surface area contributed by atoms with E-state index >= 15 is 0 Å². The molecule has 31 heavy (non-hydrogen) atoms. The van der Waals surface area contributed by atoms with Gasteiger partial charge < -0.3 is 21.3 Å². The number of amides is 1. The van der Waals surface area contributed by atoms with E-state index < -0.39 is 5.91 Å². The zero-order valence-corrected chi connectivity index (χ0v) is 17.4. The molecule has 1 aliphatic carbocycles. The van der Waals surface area contributed by atoms with Crippen molar-refractivity contribution >= 4 is 11.6 Å². The minimum Gasteiger partial charge on any atom is -0.508 e. The Bertz CT molecular complexity index is 1050. The van der Waals surface area contributed by atoms with Crippen LogP contribution < -0.4 is 11.1 Å². The lowest BCUT2D eigenvalue weighted by molar-refractivity contribution is 0.100. The summed E-state index contributed by atoms with van der Waals surface area (Å²) in [4.78, 5) is 12.0. The van der Waals surface area contributed by atoms with E-state index in [0.29, 0.717) is 5.56 Å². The summed E-state index contributed by atoms with van der Waals surface area (Å²) in [5.74, 6) is -0.202. The summed E-state index contributed by atoms with van der Waals surface area (Å²) >= 11 is 0. The van der Waals surface area contributed by atoms with E-state index in [4.69, 9.17) is 5.73 Å². The van der Waals surface area contributed by atoms with Crippen molar-refractivity contribution in [3.05, 3.63) is 83.4 Å². The van der Waals surface area contributed by atoms with Gasteiger partial charge in [0.15, 0.2) is 0 Å². The van der Waals surface area contributed by atoms with Crippen LogP contribution in [0.2, 0.25) is 0 Å². The highest BCUT2D eigenvalue weighted by molar-refractivity contribution is 5.99. The molecule has 160 valence electrons. The fourth-order valence-electron chi connectivity index (χ4n) is 4.28. The molecule has 3 aromatic rings. The molecule has 1 amide bonds. The number of primary amides is 1. The van der Waals surface area contributed by atoms with Gasteiger partial charge in [0.25, 0.3) is 5.91 Å². The third-order valence-electron chi connectivity index (χ3n) is 6.00. The van der Waals surface area contributed by atoms with Gasteiger partial charge in [0, 0.05) is 11.7 Å². The molecule has 0 aromatic heterocycles. The van der Waals surface area contributed by atoms with Crippen LogP contribution >= 0.6 is 0 Å². The largest absolute Gasteiger partial charge is 0.508 e. The van der Waals surface area contributed by atoms with Crippen LogP contribution in [0.15, 0.2) is 66.7 Å². The number of aromatic hydroxyl groups is 1. The molecule has 0 unspecified atom stereocenters. The van der Waals surface area contributed by atoms with Gasteiger partial charge in [-0.05, 0) is 78.6 Å². The topological polar surface area (TPSA) is 95.6 Å². The Morgan fingerprint density at radius 1 is 0.968 bits per heavy atom. The first-order chi connectivity index (χ1) is 15.0. The molecule has 1 aliphatic rings. The number of anilines is 1. The highest BCUT2D eigenvalue weighted by Crippen LogP contribution is 2.31. The number of nitrogens with two attached hydrogens (primary N) is 1. The molecule has 5 nitrogen and oxygen atoms in total. The van der Waals surface area contributed by atoms with E-state index in [1.165, 1.54) is 0 Å². The number of hydrogen-bond acceptors (Lipinski definition) is 4. The van der Waals surface area contributed by atoms with Crippen molar-refractivity contribution in [3.63, 3.8) is 0 Å². The molecule has 0 aliphatic heterocycles. The second-order valence-electron chi connectivity index (χ2n) is 8.27. The van der Waals surface area contributed by atoms with E-state index in [1.54, 1.807) is 18.2 Å². The summed E-state index contributed by atoms with van der Waals surface area (Å²) < 4.78 is 0. The Kier molecular flexibility index (Phi) is 6.23. The van der Waals surface area contributed by atoms with Crippen LogP contribution in [0.5, 0.6) is 5.75 Å². The van der Waals surface area contributed by atoms with Gasteiger partial charge in [-0.3, -0.25) is 4.79 Å². The highest BCUT2D eigenvalue weighted by Gasteiger charge is 2.21. The molecular formula is C26H28N2O3. The molecule has 0 radical (unpaired) electrons. The lowest BCUT2D eigenvalue weighted by atomic mass is 9.91. The number of aliphatic hydroxyl groups excluding tert-OH is 1. The van der Waals surface area contributed by atoms with Gasteiger partial charge in [-0.1, -0.05) is 42.5 Å². The van der Waals surface area contributed by atoms with Gasteiger partial charge in [0.05, 0.1) is 11.7 Å². The van der Waals surface area contributed by atoms with Crippen molar-refractivity contribution < 1.29 is 15.0 Å². The molecule has 1 saturated carbocycles. The molecule has 0 bridgehead atoms. The van der Waals surface area contributed by atoms with Gasteiger partial charge in [-0.15, -0.1) is 0 Å². The predicted molar refractivity (Wildman–Crippen MR) is 123 cm³/mol. The van der Waals surface area contributed by atoms with Crippen molar-refractivity contribution in [2.24, 2.45) is 5.73 Å². The van der Waals surface area contributed by atoms with Crippen molar-refractivity contribution in [2.75, 3.05) is 5.32 Å². The first-order valence-electron chi connectivity index (χ1n) is 10.7. The Hall–Kier alpha value is -3.31. The van der Waals surface area contributed by atoms with Crippen LogP contribution in [-0.2, 0) is 6.42 Å². The standard InChI is InChI=1S/C26H28N2O3/c27-26(31)24-14-7-19(16-25(24)28-20-8-12-22(30)13-9-20)23-4-2-1-3-18(23)15-17-5-10-21(29)11-6-17/h1-7,10-11,14,16,20,22,28-30H,8-9,12-13,15H2,(H2,27,31)/t20-,22-. The number of carbonyl (C=O) groups is 1. The summed E-state index contributed by atoms with van der Waals surface area (Å²) in [6, 6.07) is 21.4. The zero-order chi connectivity index (χ0) is 21.8. The molecule has 1 fully saturated rings. The lowest BCUT2D eigenvalue weighted by Crippen LogP contribution is -2.29. The van der Waals surface area contributed by atoms with Crippen molar-refractivity contribution in [1.82, 2.24) is 0 Å². The zero-order valence-electron chi connectivity index (χ0n) is 17.4. The normalized spacial score (nSPS) is 18.5. The highest BCUT2D eigenvalue weighted by atomic mass is 16.3. The Labute approximate surface area is 182 Å². The SMILES string of the molecule is NC(=O)c1ccc(-c2ccccc2Cc2ccc(O)cc2)cc1N[C@H]1CC[C@H](O)CC1. The fraction of sp³-hybridized carbons (Fsp3) is 0.269. The summed E-state index contributed by atoms with van der Waals surface area (Å²) in [5, 5.41) is 22.8. The molecule has 5 heteroatoms. The first kappa shape index (κ1) is 20.9. The number of hydrogen-bond donors (Lipinski definition) is 4. The number of phenolic OH excluding ortho intramolecular Hbond substituents is 1. The molecule has 0 heterocycles. The van der Waals surface area contributed by atoms with Crippen LogP contribution in [0.1, 0.15) is 47.2 Å². The van der Waals surface area contributed by atoms with Crippen LogP contribution in [0, 0.1) is 0 Å². The maximum absolute atomic E-state index is 12.0. The second-order valence-corrected chi connectivity index (χ2v) is 8.27. The van der Waals surface area contributed by atoms with Gasteiger partial charge >= 0.3 is 0 Å². The quantitative estimate of drug-likeness (QED) is 0.477. The van der Waals surface area contributed by atoms with Gasteiger partial charge in [0.2, 0.25) is 0 Å². The average molecular weight is 417 g/mol. The number of nitrogens with one attached hydrogen (secondary N) is 1. The van der Waals surface area contributed by atoms with Gasteiger partial charge in [-0.25, -0.2) is 0 Å². The molecule has 0 atom stereocenters. The summed E-state index contributed by atoms with van der Waals surface area (Å²) in [5.41, 5.74) is 11.2. The molecule has 0 saturated heterocycles. The van der Waals surface area contributed by atoms with E-state index in [9.17, 15) is 15.0 Å². The Morgan fingerprint density at radius 3 is 2.39 bits per heavy atom. The maximum Gasteiger partial charge on any atom is 0.250 e. The van der Waals surface area contributed by atoms with E-state index in [2.05, 4.69) is 17.4 Å². The van der Waals surface area contributed by atoms with Gasteiger partial charge in [0.1, 0.15) is 5.75 Å². The van der Waals surface area contributed by atoms with E-state index in [0.717, 1.165) is 60.0 Å². The smallest absolute Gasteiger partial charge is 0.250 e. The minimum absolute atomic E-state index is 0.212. The summed E-state index contributed by atoms with van der Waals surface area (Å²) in [6.07, 6.45) is 3.75. The summed E-state index contributed by atoms with van der Waals surface area (Å²) in [7, 11) is 0. The molecule has 5 N–H and O–H groups in total. The predicted octanol–water partition coefficient (Wildman–Crippen LogP) is 4.46. The molecule has 0 spiro atoms. The third-order valence-corrected chi connectivity index (χ3v) is 6.00. The summed E-state index contributed by atoms with van der Waals surface area (Å²) in [6.45, 7) is 0. The number of phenols is 1. The second kappa shape index (κ2) is 9.23. The van der Waals surface area contributed by atoms with Crippen molar-refractivity contribution in [2.45, 2.75) is 44.2 Å². The van der Waals surface area contributed by atoms with Crippen molar-refractivity contribution in [3.8, 4) is 16.9 Å². The maximum atomic E-state index is 12.0. The van der Waals surface area contributed by atoms with Gasteiger partial charge in [-0.2, -0.15) is 0 Å². The van der Waals surface area contributed by atoms with Crippen LogP contribution in [0.25, 0.3) is 11.1 Å². The number of rotatable bonds is 6. The lowest BCUT2D eigenvalue weighted by Gasteiger charge is -2.28. The van der Waals surface area contributed by atoms with E-state index in [1.807, 2.05) is 36.4 Å². The first-order valence-corrected chi connectivity index (χ1v) is 10.7. The van der Waals surface area contributed by atoms with E-state index in [-0.39, 0.29) is 17.9 Å². The number of carbonyl (C=O) groups excluding carboxylic acids is 1. The van der Waals surface area contributed by atoms with Crippen molar-refractivity contribution in [1.29, 1.82) is 0 Å². The van der Waals surface area contributed by atoms with Crippen LogP contribution in [-0.4, -0.2) is 28.3 Å². The number of benzene rings is 3. The Morgan fingerprint density at radius 2 is 1.68 bits per heavy atom. The average Bonchev–Trinajstić information content (AvgIpc) is 2.77. The van der Waals surface area contributed by atoms with Crippen LogP contribution in [0.4, 0.5) is 5.69 Å². The third kappa shape index (κ3) is 5.06. The number of aliphatic hydroxyl groups is 1. The molecular weight excluding hydrogens is 388 g/mol. The fourth-order valence-corrected chi connectivity index (χ4v) is 4.28. The Balaban J connectivity index is 1.65. The molecule has 4 rings (SSSR count). The monoisotopic (exact) mass is 416 g/mol. The molecule has 3 aromatic carbocycles.